The molecule has 1 aromatic heterocycles. The topological polar surface area (TPSA) is 69.0 Å². The van der Waals surface area contributed by atoms with E-state index in [1.165, 1.54) is 0 Å². The van der Waals surface area contributed by atoms with Gasteiger partial charge in [0.2, 0.25) is 0 Å². The maximum atomic E-state index is 14.5. The van der Waals surface area contributed by atoms with Gasteiger partial charge in [0.05, 0.1) is 17.1 Å². The number of nitrogens with zero attached hydrogens (tertiary/aromatic N) is 2. The van der Waals surface area contributed by atoms with Crippen molar-refractivity contribution < 1.29 is 14.4 Å². The Morgan fingerprint density at radius 2 is 1.05 bits per heavy atom. The molecule has 5 aromatic rings. The highest BCUT2D eigenvalue weighted by Gasteiger charge is 2.64. The standard InChI is InChI=1S/C31H16Br2N2O3/c32-17-13-15-18(16-14-17)35-27-19-7-1-2-8-20(19)28(36)31(29(37)21-9-3-4-10-22(21)30(31)38)25(27)26(34-35)23-11-5-6-12-24(23)33/h1-16H. The van der Waals surface area contributed by atoms with Gasteiger partial charge in [-0.15, -0.1) is 0 Å². The van der Waals surface area contributed by atoms with Crippen LogP contribution >= 0.6 is 31.9 Å². The fourth-order valence-electron chi connectivity index (χ4n) is 5.66. The average Bonchev–Trinajstić information content (AvgIpc) is 3.43. The van der Waals surface area contributed by atoms with Crippen molar-refractivity contribution in [2.45, 2.75) is 5.41 Å². The van der Waals surface area contributed by atoms with Gasteiger partial charge in [-0.1, -0.05) is 98.6 Å². The smallest absolute Gasteiger partial charge is 0.190 e. The summed E-state index contributed by atoms with van der Waals surface area (Å²) in [6.45, 7) is 0. The number of carbonyl (C=O) groups is 3. The maximum Gasteiger partial charge on any atom is 0.190 e. The Kier molecular flexibility index (Phi) is 5.05. The quantitative estimate of drug-likeness (QED) is 0.194. The molecule has 0 saturated heterocycles. The van der Waals surface area contributed by atoms with Crippen LogP contribution in [-0.2, 0) is 5.41 Å². The van der Waals surface area contributed by atoms with Crippen molar-refractivity contribution in [3.63, 3.8) is 0 Å². The number of halogens is 2. The van der Waals surface area contributed by atoms with Crippen LogP contribution in [0.5, 0.6) is 0 Å². The van der Waals surface area contributed by atoms with Crippen LogP contribution in [0.15, 0.2) is 106 Å². The van der Waals surface area contributed by atoms with Gasteiger partial charge in [-0.25, -0.2) is 4.68 Å². The minimum atomic E-state index is -2.06. The Balaban J connectivity index is 1.68. The molecule has 0 N–H and O–H groups in total. The molecular weight excluding hydrogens is 608 g/mol. The summed E-state index contributed by atoms with van der Waals surface area (Å²) in [7, 11) is 0. The van der Waals surface area contributed by atoms with E-state index < -0.39 is 22.8 Å². The number of benzene rings is 4. The molecule has 0 atom stereocenters. The SMILES string of the molecule is O=C1c2ccccc2C(=O)C12C(=O)c1ccccc1-c1c2c(-c2ccccc2Br)nn1-c1ccc(Br)cc1. The number of hydrogen-bond donors (Lipinski definition) is 0. The second kappa shape index (κ2) is 8.28. The normalized spacial score (nSPS) is 14.9. The summed E-state index contributed by atoms with van der Waals surface area (Å²) >= 11 is 7.12. The van der Waals surface area contributed by atoms with Crippen molar-refractivity contribution in [1.29, 1.82) is 0 Å². The van der Waals surface area contributed by atoms with Crippen molar-refractivity contribution in [3.05, 3.63) is 128 Å². The Bertz CT molecular complexity index is 1820. The van der Waals surface area contributed by atoms with Crippen LogP contribution < -0.4 is 0 Å². The number of hydrogen-bond acceptors (Lipinski definition) is 4. The van der Waals surface area contributed by atoms with E-state index in [1.807, 2.05) is 60.7 Å². The van der Waals surface area contributed by atoms with E-state index in [0.29, 0.717) is 33.6 Å². The van der Waals surface area contributed by atoms with Crippen molar-refractivity contribution in [1.82, 2.24) is 9.78 Å². The predicted octanol–water partition coefficient (Wildman–Crippen LogP) is 7.24. The van der Waals surface area contributed by atoms with E-state index in [0.717, 1.165) is 14.6 Å². The number of carbonyl (C=O) groups excluding carboxylic acids is 3. The molecule has 7 rings (SSSR count). The first kappa shape index (κ1) is 23.2. The third-order valence-corrected chi connectivity index (χ3v) is 8.55. The van der Waals surface area contributed by atoms with E-state index in [1.54, 1.807) is 41.1 Å². The van der Waals surface area contributed by atoms with Crippen LogP contribution in [0.25, 0.3) is 28.2 Å². The molecule has 0 fully saturated rings. The summed E-state index contributed by atoms with van der Waals surface area (Å²) in [6.07, 6.45) is 0. The van der Waals surface area contributed by atoms with Gasteiger partial charge in [-0.05, 0) is 30.3 Å². The molecule has 182 valence electrons. The number of Topliss-reactive ketones (excluding diaryl/α,β-unsaturated/α-hetero) is 3. The predicted molar refractivity (Wildman–Crippen MR) is 151 cm³/mol. The molecule has 38 heavy (non-hydrogen) atoms. The first-order chi connectivity index (χ1) is 18.4. The number of fused-ring (bicyclic) bond motifs is 5. The van der Waals surface area contributed by atoms with Crippen LogP contribution in [0.3, 0.4) is 0 Å². The van der Waals surface area contributed by atoms with E-state index >= 15 is 0 Å². The first-order valence-corrected chi connectivity index (χ1v) is 13.5. The first-order valence-electron chi connectivity index (χ1n) is 11.9. The summed E-state index contributed by atoms with van der Waals surface area (Å²) in [4.78, 5) is 43.1. The fraction of sp³-hybridized carbons (Fsp3) is 0.0323. The number of rotatable bonds is 2. The summed E-state index contributed by atoms with van der Waals surface area (Å²) in [5, 5.41) is 5.02. The largest absolute Gasteiger partial charge is 0.292 e. The number of ketones is 3. The summed E-state index contributed by atoms with van der Waals surface area (Å²) < 4.78 is 3.38. The molecule has 2 aliphatic carbocycles. The van der Waals surface area contributed by atoms with Crippen LogP contribution in [-0.4, -0.2) is 27.1 Å². The summed E-state index contributed by atoms with van der Waals surface area (Å²) in [6, 6.07) is 28.9. The van der Waals surface area contributed by atoms with Crippen LogP contribution in [0.1, 0.15) is 36.6 Å². The molecule has 5 nitrogen and oxygen atoms in total. The highest BCUT2D eigenvalue weighted by Crippen LogP contribution is 2.54. The van der Waals surface area contributed by atoms with E-state index in [4.69, 9.17) is 5.10 Å². The van der Waals surface area contributed by atoms with Crippen LogP contribution in [0.4, 0.5) is 0 Å². The van der Waals surface area contributed by atoms with Crippen molar-refractivity contribution in [2.24, 2.45) is 0 Å². The van der Waals surface area contributed by atoms with Gasteiger partial charge < -0.3 is 0 Å². The minimum Gasteiger partial charge on any atom is -0.292 e. The van der Waals surface area contributed by atoms with Crippen molar-refractivity contribution in [2.75, 3.05) is 0 Å². The Hall–Kier alpha value is -3.94. The molecular formula is C31H16Br2N2O3. The Morgan fingerprint density at radius 3 is 1.61 bits per heavy atom. The van der Waals surface area contributed by atoms with E-state index in [9.17, 15) is 14.4 Å². The molecule has 0 aliphatic heterocycles. The average molecular weight is 624 g/mol. The molecule has 0 amide bonds. The lowest BCUT2D eigenvalue weighted by atomic mass is 9.64. The van der Waals surface area contributed by atoms with Crippen LogP contribution in [0, 0.1) is 0 Å². The Morgan fingerprint density at radius 1 is 0.579 bits per heavy atom. The lowest BCUT2D eigenvalue weighted by molar-refractivity contribution is 0.0708. The van der Waals surface area contributed by atoms with Gasteiger partial charge in [0.15, 0.2) is 22.8 Å². The van der Waals surface area contributed by atoms with E-state index in [2.05, 4.69) is 31.9 Å². The molecule has 4 aromatic carbocycles. The molecule has 0 saturated carbocycles. The third-order valence-electron chi connectivity index (χ3n) is 7.33. The third kappa shape index (κ3) is 2.91. The zero-order valence-electron chi connectivity index (χ0n) is 19.6. The molecule has 1 heterocycles. The molecule has 7 heteroatoms. The molecule has 0 radical (unpaired) electrons. The van der Waals surface area contributed by atoms with Crippen LogP contribution in [0.2, 0.25) is 0 Å². The second-order valence-electron chi connectivity index (χ2n) is 9.27. The monoisotopic (exact) mass is 622 g/mol. The Labute approximate surface area is 234 Å². The maximum absolute atomic E-state index is 14.5. The zero-order valence-corrected chi connectivity index (χ0v) is 22.8. The second-order valence-corrected chi connectivity index (χ2v) is 11.0. The van der Waals surface area contributed by atoms with Gasteiger partial charge in [-0.3, -0.25) is 14.4 Å². The highest BCUT2D eigenvalue weighted by atomic mass is 79.9. The number of aromatic nitrogens is 2. The van der Waals surface area contributed by atoms with Gasteiger partial charge >= 0.3 is 0 Å². The molecule has 2 aliphatic rings. The van der Waals surface area contributed by atoms with Gasteiger partial charge in [0, 0.05) is 42.3 Å². The van der Waals surface area contributed by atoms with Crippen molar-refractivity contribution in [3.8, 4) is 28.2 Å². The van der Waals surface area contributed by atoms with Gasteiger partial charge in [-0.2, -0.15) is 5.10 Å². The molecule has 0 unspecified atom stereocenters. The highest BCUT2D eigenvalue weighted by molar-refractivity contribution is 9.10. The van der Waals surface area contributed by atoms with Gasteiger partial charge in [0.1, 0.15) is 0 Å². The zero-order chi connectivity index (χ0) is 26.2. The van der Waals surface area contributed by atoms with Crippen molar-refractivity contribution >= 4 is 49.2 Å². The lowest BCUT2D eigenvalue weighted by Crippen LogP contribution is -2.48. The van der Waals surface area contributed by atoms with E-state index in [-0.39, 0.29) is 11.1 Å². The minimum absolute atomic E-state index is 0.255. The molecule has 1 spiro atoms. The molecule has 0 bridgehead atoms. The lowest BCUT2D eigenvalue weighted by Gasteiger charge is -2.31. The fourth-order valence-corrected chi connectivity index (χ4v) is 6.39. The summed E-state index contributed by atoms with van der Waals surface area (Å²) in [5.74, 6) is -1.54. The van der Waals surface area contributed by atoms with Gasteiger partial charge in [0.25, 0.3) is 0 Å². The summed E-state index contributed by atoms with van der Waals surface area (Å²) in [5.41, 5.74) is 2.11.